The first-order valence-corrected chi connectivity index (χ1v) is 11.2. The van der Waals surface area contributed by atoms with E-state index in [4.69, 9.17) is 4.74 Å². The van der Waals surface area contributed by atoms with Crippen LogP contribution in [0.25, 0.3) is 0 Å². The number of ether oxygens (including phenoxy) is 1. The van der Waals surface area contributed by atoms with Crippen molar-refractivity contribution in [3.05, 3.63) is 51.7 Å². The second-order valence-corrected chi connectivity index (χ2v) is 8.45. The standard InChI is InChI=1S/C23H30N2O3S/c1-4-12-24(22(26)5-2)15-23(27)25-13-10-21-19(11-14-29-21)20(25)16-28-18-8-6-17(3)7-9-18/h6-9,11,14,20H,4-5,10,12-13,15-16H2,1-3H3. The molecule has 1 atom stereocenters. The molecule has 0 saturated carbocycles. The van der Waals surface area contributed by atoms with Crippen LogP contribution < -0.4 is 4.74 Å². The molecule has 0 spiro atoms. The van der Waals surface area contributed by atoms with Gasteiger partial charge in [0.25, 0.3) is 0 Å². The number of amides is 2. The molecule has 2 heterocycles. The summed E-state index contributed by atoms with van der Waals surface area (Å²) in [5.74, 6) is 0.828. The van der Waals surface area contributed by atoms with Gasteiger partial charge in [-0.05, 0) is 48.9 Å². The normalized spacial score (nSPS) is 15.7. The number of carbonyl (C=O) groups is 2. The number of rotatable bonds is 8. The van der Waals surface area contributed by atoms with Crippen molar-refractivity contribution in [2.75, 3.05) is 26.2 Å². The second kappa shape index (κ2) is 9.92. The van der Waals surface area contributed by atoms with Gasteiger partial charge in [-0.25, -0.2) is 0 Å². The van der Waals surface area contributed by atoms with Gasteiger partial charge in [0.2, 0.25) is 11.8 Å². The Kier molecular flexibility index (Phi) is 7.31. The van der Waals surface area contributed by atoms with E-state index in [9.17, 15) is 9.59 Å². The van der Waals surface area contributed by atoms with Crippen LogP contribution in [0, 0.1) is 6.92 Å². The van der Waals surface area contributed by atoms with Gasteiger partial charge < -0.3 is 14.5 Å². The number of aryl methyl sites for hydroxylation is 1. The third-order valence-corrected chi connectivity index (χ3v) is 6.32. The Morgan fingerprint density at radius 1 is 1.21 bits per heavy atom. The Hall–Kier alpha value is -2.34. The van der Waals surface area contributed by atoms with E-state index in [-0.39, 0.29) is 24.4 Å². The number of thiophene rings is 1. The molecule has 1 unspecified atom stereocenters. The molecule has 0 aliphatic carbocycles. The third-order valence-electron chi connectivity index (χ3n) is 5.32. The number of nitrogens with zero attached hydrogens (tertiary/aromatic N) is 2. The van der Waals surface area contributed by atoms with Gasteiger partial charge in [-0.1, -0.05) is 31.5 Å². The van der Waals surface area contributed by atoms with E-state index in [1.807, 2.05) is 49.9 Å². The third kappa shape index (κ3) is 5.18. The number of fused-ring (bicyclic) bond motifs is 1. The summed E-state index contributed by atoms with van der Waals surface area (Å²) in [6.45, 7) is 7.73. The number of hydrogen-bond donors (Lipinski definition) is 0. The maximum Gasteiger partial charge on any atom is 0.242 e. The van der Waals surface area contributed by atoms with Crippen molar-refractivity contribution in [1.29, 1.82) is 0 Å². The molecular weight excluding hydrogens is 384 g/mol. The van der Waals surface area contributed by atoms with Crippen LogP contribution in [0.5, 0.6) is 5.75 Å². The molecule has 1 aliphatic rings. The largest absolute Gasteiger partial charge is 0.491 e. The number of hydrogen-bond acceptors (Lipinski definition) is 4. The van der Waals surface area contributed by atoms with Gasteiger partial charge in [0.15, 0.2) is 0 Å². The summed E-state index contributed by atoms with van der Waals surface area (Å²) in [5.41, 5.74) is 2.36. The smallest absolute Gasteiger partial charge is 0.242 e. The molecule has 29 heavy (non-hydrogen) atoms. The van der Waals surface area contributed by atoms with Crippen LogP contribution in [0.2, 0.25) is 0 Å². The number of carbonyl (C=O) groups excluding carboxylic acids is 2. The average molecular weight is 415 g/mol. The second-order valence-electron chi connectivity index (χ2n) is 7.44. The molecule has 1 aliphatic heterocycles. The Bertz CT molecular complexity index is 831. The highest BCUT2D eigenvalue weighted by Crippen LogP contribution is 2.34. The molecule has 1 aromatic heterocycles. The summed E-state index contributed by atoms with van der Waals surface area (Å²) in [5, 5.41) is 2.08. The molecule has 6 heteroatoms. The highest BCUT2D eigenvalue weighted by atomic mass is 32.1. The van der Waals surface area contributed by atoms with E-state index in [0.717, 1.165) is 18.6 Å². The molecule has 5 nitrogen and oxygen atoms in total. The highest BCUT2D eigenvalue weighted by molar-refractivity contribution is 7.10. The van der Waals surface area contributed by atoms with Crippen molar-refractivity contribution < 1.29 is 14.3 Å². The lowest BCUT2D eigenvalue weighted by Gasteiger charge is -2.37. The molecule has 0 radical (unpaired) electrons. The molecule has 3 rings (SSSR count). The maximum absolute atomic E-state index is 13.2. The Morgan fingerprint density at radius 3 is 2.66 bits per heavy atom. The Balaban J connectivity index is 1.75. The highest BCUT2D eigenvalue weighted by Gasteiger charge is 2.33. The van der Waals surface area contributed by atoms with Gasteiger partial charge >= 0.3 is 0 Å². The van der Waals surface area contributed by atoms with E-state index in [1.165, 1.54) is 16.0 Å². The summed E-state index contributed by atoms with van der Waals surface area (Å²) >= 11 is 1.74. The first-order chi connectivity index (χ1) is 14.0. The van der Waals surface area contributed by atoms with E-state index in [0.29, 0.717) is 26.1 Å². The zero-order chi connectivity index (χ0) is 20.8. The Morgan fingerprint density at radius 2 is 1.97 bits per heavy atom. The van der Waals surface area contributed by atoms with Crippen molar-refractivity contribution in [2.45, 2.75) is 46.1 Å². The molecule has 0 bridgehead atoms. The predicted octanol–water partition coefficient (Wildman–Crippen LogP) is 4.21. The predicted molar refractivity (Wildman–Crippen MR) is 116 cm³/mol. The molecule has 1 aromatic carbocycles. The fourth-order valence-electron chi connectivity index (χ4n) is 3.72. The van der Waals surface area contributed by atoms with Gasteiger partial charge in [0.1, 0.15) is 12.4 Å². The van der Waals surface area contributed by atoms with Crippen molar-refractivity contribution in [3.8, 4) is 5.75 Å². The van der Waals surface area contributed by atoms with E-state index >= 15 is 0 Å². The van der Waals surface area contributed by atoms with Gasteiger partial charge in [0, 0.05) is 24.4 Å². The Labute approximate surface area is 177 Å². The van der Waals surface area contributed by atoms with E-state index in [1.54, 1.807) is 16.2 Å². The van der Waals surface area contributed by atoms with Crippen LogP contribution in [-0.4, -0.2) is 47.9 Å². The summed E-state index contributed by atoms with van der Waals surface area (Å²) in [7, 11) is 0. The molecule has 0 N–H and O–H groups in total. The van der Waals surface area contributed by atoms with Gasteiger partial charge in [-0.15, -0.1) is 11.3 Å². The van der Waals surface area contributed by atoms with E-state index in [2.05, 4.69) is 11.4 Å². The summed E-state index contributed by atoms with van der Waals surface area (Å²) in [6, 6.07) is 9.94. The van der Waals surface area contributed by atoms with Crippen LogP contribution in [0.15, 0.2) is 35.7 Å². The van der Waals surface area contributed by atoms with Crippen molar-refractivity contribution in [1.82, 2.24) is 9.80 Å². The first-order valence-electron chi connectivity index (χ1n) is 10.4. The van der Waals surface area contributed by atoms with Crippen molar-refractivity contribution in [3.63, 3.8) is 0 Å². The first kappa shape index (κ1) is 21.4. The SMILES string of the molecule is CCCN(CC(=O)N1CCc2sccc2C1COc1ccc(C)cc1)C(=O)CC. The number of benzene rings is 1. The quantitative estimate of drug-likeness (QED) is 0.650. The van der Waals surface area contributed by atoms with Crippen LogP contribution in [0.3, 0.4) is 0 Å². The summed E-state index contributed by atoms with van der Waals surface area (Å²) in [6.07, 6.45) is 2.12. The van der Waals surface area contributed by atoms with Crippen LogP contribution in [0.1, 0.15) is 48.7 Å². The molecule has 2 amide bonds. The minimum atomic E-state index is -0.126. The van der Waals surface area contributed by atoms with Crippen LogP contribution in [0.4, 0.5) is 0 Å². The minimum Gasteiger partial charge on any atom is -0.491 e. The van der Waals surface area contributed by atoms with Crippen molar-refractivity contribution >= 4 is 23.2 Å². The zero-order valence-corrected chi connectivity index (χ0v) is 18.3. The summed E-state index contributed by atoms with van der Waals surface area (Å²) < 4.78 is 6.06. The van der Waals surface area contributed by atoms with Gasteiger partial charge in [-0.2, -0.15) is 0 Å². The minimum absolute atomic E-state index is 0.00499. The van der Waals surface area contributed by atoms with Gasteiger partial charge in [0.05, 0.1) is 12.6 Å². The zero-order valence-electron chi connectivity index (χ0n) is 17.5. The fraction of sp³-hybridized carbons (Fsp3) is 0.478. The van der Waals surface area contributed by atoms with Crippen LogP contribution >= 0.6 is 11.3 Å². The monoisotopic (exact) mass is 414 g/mol. The van der Waals surface area contributed by atoms with Gasteiger partial charge in [-0.3, -0.25) is 9.59 Å². The van der Waals surface area contributed by atoms with Crippen LogP contribution in [-0.2, 0) is 16.0 Å². The lowest BCUT2D eigenvalue weighted by molar-refractivity contribution is -0.142. The fourth-order valence-corrected chi connectivity index (χ4v) is 4.65. The maximum atomic E-state index is 13.2. The average Bonchev–Trinajstić information content (AvgIpc) is 3.21. The molecule has 2 aromatic rings. The molecule has 156 valence electrons. The lowest BCUT2D eigenvalue weighted by Crippen LogP contribution is -2.47. The molecular formula is C23H30N2O3S. The topological polar surface area (TPSA) is 49.9 Å². The lowest BCUT2D eigenvalue weighted by atomic mass is 10.0. The van der Waals surface area contributed by atoms with E-state index < -0.39 is 0 Å². The molecule has 0 saturated heterocycles. The van der Waals surface area contributed by atoms with Crippen molar-refractivity contribution in [2.24, 2.45) is 0 Å². The summed E-state index contributed by atoms with van der Waals surface area (Å²) in [4.78, 5) is 30.3. The molecule has 0 fully saturated rings.